The Bertz CT molecular complexity index is 376. The fourth-order valence-electron chi connectivity index (χ4n) is 3.03. The van der Waals surface area contributed by atoms with Crippen LogP contribution in [0, 0.1) is 11.3 Å². The summed E-state index contributed by atoms with van der Waals surface area (Å²) in [5, 5.41) is 2.89. The topological polar surface area (TPSA) is 49.4 Å². The molecule has 108 valence electrons. The number of nitrogens with one attached hydrogen (secondary N) is 1. The van der Waals surface area contributed by atoms with Gasteiger partial charge in [0, 0.05) is 6.54 Å². The van der Waals surface area contributed by atoms with E-state index in [0.29, 0.717) is 0 Å². The molecule has 0 spiro atoms. The molecule has 0 aromatic heterocycles. The van der Waals surface area contributed by atoms with Crippen molar-refractivity contribution >= 4 is 11.8 Å². The molecule has 19 heavy (non-hydrogen) atoms. The summed E-state index contributed by atoms with van der Waals surface area (Å²) in [5.41, 5.74) is 0.224. The van der Waals surface area contributed by atoms with E-state index < -0.39 is 0 Å². The smallest absolute Gasteiger partial charge is 0.246 e. The maximum atomic E-state index is 12.6. The molecule has 0 bridgehead atoms. The van der Waals surface area contributed by atoms with Gasteiger partial charge in [-0.15, -0.1) is 0 Å². The summed E-state index contributed by atoms with van der Waals surface area (Å²) < 4.78 is 0. The first-order valence-electron chi connectivity index (χ1n) is 7.49. The van der Waals surface area contributed by atoms with Crippen molar-refractivity contribution in [1.29, 1.82) is 0 Å². The molecule has 1 saturated carbocycles. The van der Waals surface area contributed by atoms with Gasteiger partial charge in [-0.2, -0.15) is 0 Å². The van der Waals surface area contributed by atoms with E-state index in [9.17, 15) is 9.59 Å². The van der Waals surface area contributed by atoms with Crippen LogP contribution in [0.3, 0.4) is 0 Å². The third-order valence-corrected chi connectivity index (χ3v) is 5.02. The summed E-state index contributed by atoms with van der Waals surface area (Å²) in [6, 6.07) is -0.664. The molecule has 0 aromatic rings. The average molecular weight is 266 g/mol. The van der Waals surface area contributed by atoms with Gasteiger partial charge in [0.05, 0.1) is 0 Å². The number of piperazine rings is 1. The lowest BCUT2D eigenvalue weighted by molar-refractivity contribution is -0.152. The molecule has 2 rings (SSSR count). The van der Waals surface area contributed by atoms with Crippen LogP contribution in [0.2, 0.25) is 0 Å². The van der Waals surface area contributed by atoms with Crippen molar-refractivity contribution in [3.05, 3.63) is 0 Å². The van der Waals surface area contributed by atoms with Crippen LogP contribution in [0.4, 0.5) is 0 Å². The highest BCUT2D eigenvalue weighted by molar-refractivity contribution is 5.96. The molecule has 4 heteroatoms. The van der Waals surface area contributed by atoms with Crippen LogP contribution in [0.25, 0.3) is 0 Å². The monoisotopic (exact) mass is 266 g/mol. The highest BCUT2D eigenvalue weighted by atomic mass is 16.2. The van der Waals surface area contributed by atoms with E-state index in [-0.39, 0.29) is 35.2 Å². The Morgan fingerprint density at radius 2 is 2.05 bits per heavy atom. The van der Waals surface area contributed by atoms with Crippen LogP contribution in [0.5, 0.6) is 0 Å². The Kier molecular flexibility index (Phi) is 3.88. The van der Waals surface area contributed by atoms with Gasteiger partial charge >= 0.3 is 0 Å². The van der Waals surface area contributed by atoms with E-state index in [1.54, 1.807) is 0 Å². The summed E-state index contributed by atoms with van der Waals surface area (Å²) in [6.45, 7) is 8.87. The fourth-order valence-corrected chi connectivity index (χ4v) is 3.03. The van der Waals surface area contributed by atoms with Gasteiger partial charge in [-0.05, 0) is 31.1 Å². The molecular formula is C15H26N2O2. The van der Waals surface area contributed by atoms with Crippen molar-refractivity contribution in [1.82, 2.24) is 10.2 Å². The van der Waals surface area contributed by atoms with Gasteiger partial charge in [0.2, 0.25) is 11.8 Å². The quantitative estimate of drug-likeness (QED) is 0.845. The zero-order valence-electron chi connectivity index (χ0n) is 12.5. The number of rotatable bonds is 4. The minimum atomic E-state index is -0.336. The first-order valence-corrected chi connectivity index (χ1v) is 7.49. The number of hydrogen-bond acceptors (Lipinski definition) is 2. The van der Waals surface area contributed by atoms with E-state index >= 15 is 0 Å². The van der Waals surface area contributed by atoms with E-state index in [2.05, 4.69) is 19.2 Å². The lowest BCUT2D eigenvalue weighted by Crippen LogP contribution is -2.65. The molecule has 3 unspecified atom stereocenters. The summed E-state index contributed by atoms with van der Waals surface area (Å²) in [5.74, 6) is 0.294. The molecule has 2 fully saturated rings. The molecule has 2 amide bonds. The largest absolute Gasteiger partial charge is 0.342 e. The zero-order valence-corrected chi connectivity index (χ0v) is 12.5. The molecule has 0 radical (unpaired) electrons. The molecular weight excluding hydrogens is 240 g/mol. The van der Waals surface area contributed by atoms with Crippen molar-refractivity contribution in [2.75, 3.05) is 6.54 Å². The minimum Gasteiger partial charge on any atom is -0.342 e. The molecule has 1 aliphatic heterocycles. The summed E-state index contributed by atoms with van der Waals surface area (Å²) >= 11 is 0. The highest BCUT2D eigenvalue weighted by Crippen LogP contribution is 2.41. The highest BCUT2D eigenvalue weighted by Gasteiger charge is 2.44. The Hall–Kier alpha value is -1.06. The van der Waals surface area contributed by atoms with Crippen LogP contribution in [-0.2, 0) is 9.59 Å². The van der Waals surface area contributed by atoms with Crippen LogP contribution in [0.15, 0.2) is 0 Å². The van der Waals surface area contributed by atoms with Gasteiger partial charge in [-0.3, -0.25) is 9.59 Å². The molecule has 1 N–H and O–H groups in total. The third-order valence-electron chi connectivity index (χ3n) is 5.02. The normalized spacial score (nSPS) is 31.7. The zero-order chi connectivity index (χ0) is 14.2. The summed E-state index contributed by atoms with van der Waals surface area (Å²) in [7, 11) is 0. The van der Waals surface area contributed by atoms with E-state index in [0.717, 1.165) is 13.0 Å². The van der Waals surface area contributed by atoms with Gasteiger partial charge in [0.15, 0.2) is 0 Å². The van der Waals surface area contributed by atoms with Gasteiger partial charge in [0.25, 0.3) is 0 Å². The van der Waals surface area contributed by atoms with Crippen molar-refractivity contribution in [3.8, 4) is 0 Å². The second-order valence-corrected chi connectivity index (χ2v) is 6.68. The summed E-state index contributed by atoms with van der Waals surface area (Å²) in [6.07, 6.45) is 4.47. The second kappa shape index (κ2) is 5.14. The van der Waals surface area contributed by atoms with Gasteiger partial charge in [-0.25, -0.2) is 0 Å². The molecule has 1 heterocycles. The number of carbonyl (C=O) groups is 2. The first-order chi connectivity index (χ1) is 8.88. The fraction of sp³-hybridized carbons (Fsp3) is 0.867. The second-order valence-electron chi connectivity index (χ2n) is 6.68. The molecule has 1 saturated heterocycles. The van der Waals surface area contributed by atoms with Crippen LogP contribution < -0.4 is 5.32 Å². The molecule has 2 aliphatic rings. The number of carbonyl (C=O) groups excluding carboxylic acids is 2. The molecule has 3 atom stereocenters. The molecule has 4 nitrogen and oxygen atoms in total. The van der Waals surface area contributed by atoms with E-state index in [1.807, 2.05) is 18.7 Å². The van der Waals surface area contributed by atoms with Crippen molar-refractivity contribution in [3.63, 3.8) is 0 Å². The molecule has 0 aromatic carbocycles. The van der Waals surface area contributed by atoms with Crippen LogP contribution in [-0.4, -0.2) is 35.3 Å². The van der Waals surface area contributed by atoms with Crippen molar-refractivity contribution < 1.29 is 9.59 Å². The van der Waals surface area contributed by atoms with Gasteiger partial charge in [0.1, 0.15) is 12.1 Å². The Balaban J connectivity index is 2.14. The SMILES string of the molecule is CCC(C)C1NC(=O)C(C)N(CC2(C)CCC2)C1=O. The Labute approximate surface area is 115 Å². The van der Waals surface area contributed by atoms with E-state index in [1.165, 1.54) is 19.3 Å². The summed E-state index contributed by atoms with van der Waals surface area (Å²) in [4.78, 5) is 26.5. The number of hydrogen-bond donors (Lipinski definition) is 1. The van der Waals surface area contributed by atoms with E-state index in [4.69, 9.17) is 0 Å². The van der Waals surface area contributed by atoms with Crippen molar-refractivity contribution in [2.24, 2.45) is 11.3 Å². The number of amides is 2. The predicted molar refractivity (Wildman–Crippen MR) is 74.5 cm³/mol. The first kappa shape index (κ1) is 14.4. The lowest BCUT2D eigenvalue weighted by atomic mass is 9.70. The third kappa shape index (κ3) is 2.63. The van der Waals surface area contributed by atoms with Gasteiger partial charge in [-0.1, -0.05) is 33.6 Å². The minimum absolute atomic E-state index is 0.00664. The number of nitrogens with zero attached hydrogens (tertiary/aromatic N) is 1. The standard InChI is InChI=1S/C15H26N2O2/c1-5-10(2)12-14(19)17(11(3)13(18)16-12)9-15(4)7-6-8-15/h10-12H,5-9H2,1-4H3,(H,16,18). The van der Waals surface area contributed by atoms with Crippen LogP contribution >= 0.6 is 0 Å². The predicted octanol–water partition coefficient (Wildman–Crippen LogP) is 1.94. The lowest BCUT2D eigenvalue weighted by Gasteiger charge is -2.47. The maximum Gasteiger partial charge on any atom is 0.246 e. The Morgan fingerprint density at radius 1 is 1.42 bits per heavy atom. The van der Waals surface area contributed by atoms with Crippen LogP contribution in [0.1, 0.15) is 53.4 Å². The Morgan fingerprint density at radius 3 is 2.53 bits per heavy atom. The van der Waals surface area contributed by atoms with Gasteiger partial charge < -0.3 is 10.2 Å². The van der Waals surface area contributed by atoms with Crippen molar-refractivity contribution in [2.45, 2.75) is 65.5 Å². The average Bonchev–Trinajstić information content (AvgIpc) is 2.36. The molecule has 1 aliphatic carbocycles. The maximum absolute atomic E-state index is 12.6.